The number of aliphatic hydroxyl groups excluding tert-OH is 1. The largest absolute Gasteiger partial charge is 0.496 e. The topological polar surface area (TPSA) is 29.5 Å². The first-order valence-corrected chi connectivity index (χ1v) is 6.07. The summed E-state index contributed by atoms with van der Waals surface area (Å²) in [6.07, 6.45) is 0. The Balaban J connectivity index is 2.81. The van der Waals surface area contributed by atoms with E-state index in [1.165, 1.54) is 3.57 Å². The summed E-state index contributed by atoms with van der Waals surface area (Å²) in [5.74, 6) is 0.878. The lowest BCUT2D eigenvalue weighted by atomic mass is 10.1. The van der Waals surface area contributed by atoms with E-state index >= 15 is 0 Å². The molecule has 1 aromatic carbocycles. The van der Waals surface area contributed by atoms with Crippen molar-refractivity contribution in [1.82, 2.24) is 0 Å². The highest BCUT2D eigenvalue weighted by atomic mass is 127. The average molecular weight is 320 g/mol. The second kappa shape index (κ2) is 4.04. The number of hydrogen-bond acceptors (Lipinski definition) is 3. The van der Waals surface area contributed by atoms with E-state index < -0.39 is 0 Å². The molecular weight excluding hydrogens is 311 g/mol. The predicted octanol–water partition coefficient (Wildman–Crippen LogP) is 3.01. The van der Waals surface area contributed by atoms with Gasteiger partial charge >= 0.3 is 0 Å². The first-order valence-electron chi connectivity index (χ1n) is 4.11. The van der Waals surface area contributed by atoms with Crippen LogP contribution >= 0.6 is 33.9 Å². The SMILES string of the molecule is COc1ccc(CO)c2scc(I)c12. The Bertz CT molecular complexity index is 464. The molecule has 1 aromatic heterocycles. The highest BCUT2D eigenvalue weighted by molar-refractivity contribution is 14.1. The van der Waals surface area contributed by atoms with E-state index in [-0.39, 0.29) is 6.61 Å². The number of thiophene rings is 1. The molecule has 2 aromatic rings. The molecule has 0 atom stereocenters. The van der Waals surface area contributed by atoms with Gasteiger partial charge in [-0.2, -0.15) is 0 Å². The molecule has 0 saturated carbocycles. The summed E-state index contributed by atoms with van der Waals surface area (Å²) in [5, 5.41) is 12.4. The Kier molecular flexibility index (Phi) is 2.94. The van der Waals surface area contributed by atoms with Crippen molar-refractivity contribution in [3.8, 4) is 5.75 Å². The van der Waals surface area contributed by atoms with Gasteiger partial charge in [-0.05, 0) is 34.2 Å². The maximum atomic E-state index is 9.17. The number of benzene rings is 1. The maximum absolute atomic E-state index is 9.17. The first kappa shape index (κ1) is 10.2. The monoisotopic (exact) mass is 320 g/mol. The van der Waals surface area contributed by atoms with Crippen LogP contribution in [0.2, 0.25) is 0 Å². The third kappa shape index (κ3) is 1.51. The van der Waals surface area contributed by atoms with Crippen LogP contribution in [0.3, 0.4) is 0 Å². The Morgan fingerprint density at radius 3 is 2.93 bits per heavy atom. The molecule has 2 rings (SSSR count). The molecule has 1 N–H and O–H groups in total. The zero-order valence-corrected chi connectivity index (χ0v) is 10.6. The first-order chi connectivity index (χ1) is 6.77. The maximum Gasteiger partial charge on any atom is 0.128 e. The summed E-state index contributed by atoms with van der Waals surface area (Å²) in [4.78, 5) is 0. The quantitative estimate of drug-likeness (QED) is 0.862. The molecule has 2 nitrogen and oxygen atoms in total. The fourth-order valence-electron chi connectivity index (χ4n) is 1.43. The van der Waals surface area contributed by atoms with Crippen molar-refractivity contribution in [3.63, 3.8) is 0 Å². The molecule has 0 unspecified atom stereocenters. The smallest absolute Gasteiger partial charge is 0.128 e. The van der Waals surface area contributed by atoms with Crippen LogP contribution in [0.5, 0.6) is 5.75 Å². The molecule has 0 amide bonds. The van der Waals surface area contributed by atoms with Gasteiger partial charge < -0.3 is 9.84 Å². The second-order valence-electron chi connectivity index (χ2n) is 2.87. The summed E-state index contributed by atoms with van der Waals surface area (Å²) < 4.78 is 7.58. The Morgan fingerprint density at radius 2 is 2.29 bits per heavy atom. The number of aliphatic hydroxyl groups is 1. The van der Waals surface area contributed by atoms with E-state index in [0.717, 1.165) is 21.4 Å². The van der Waals surface area contributed by atoms with E-state index in [4.69, 9.17) is 4.74 Å². The van der Waals surface area contributed by atoms with Gasteiger partial charge in [-0.15, -0.1) is 11.3 Å². The van der Waals surface area contributed by atoms with Crippen molar-refractivity contribution in [1.29, 1.82) is 0 Å². The fraction of sp³-hybridized carbons (Fsp3) is 0.200. The number of methoxy groups -OCH3 is 1. The molecule has 1 heterocycles. The predicted molar refractivity (Wildman–Crippen MR) is 67.0 cm³/mol. The lowest BCUT2D eigenvalue weighted by Crippen LogP contribution is -1.88. The van der Waals surface area contributed by atoms with Gasteiger partial charge in [-0.1, -0.05) is 6.07 Å². The summed E-state index contributed by atoms with van der Waals surface area (Å²) in [6.45, 7) is 0.0804. The second-order valence-corrected chi connectivity index (χ2v) is 4.91. The summed E-state index contributed by atoms with van der Waals surface area (Å²) in [5.41, 5.74) is 0.966. The van der Waals surface area contributed by atoms with Crippen molar-refractivity contribution in [3.05, 3.63) is 26.6 Å². The summed E-state index contributed by atoms with van der Waals surface area (Å²) >= 11 is 3.93. The van der Waals surface area contributed by atoms with E-state index in [9.17, 15) is 5.11 Å². The molecule has 0 radical (unpaired) electrons. The van der Waals surface area contributed by atoms with Crippen molar-refractivity contribution in [2.45, 2.75) is 6.61 Å². The Hall–Kier alpha value is -0.330. The minimum Gasteiger partial charge on any atom is -0.496 e. The third-order valence-electron chi connectivity index (χ3n) is 2.11. The van der Waals surface area contributed by atoms with Crippen LogP contribution in [0, 0.1) is 3.57 Å². The molecule has 0 bridgehead atoms. The molecule has 74 valence electrons. The van der Waals surface area contributed by atoms with Gasteiger partial charge in [-0.3, -0.25) is 0 Å². The van der Waals surface area contributed by atoms with Gasteiger partial charge in [0.05, 0.1) is 13.7 Å². The Labute approximate surface area is 99.7 Å². The van der Waals surface area contributed by atoms with Gasteiger partial charge in [0, 0.05) is 19.0 Å². The highest BCUT2D eigenvalue weighted by Gasteiger charge is 2.10. The number of halogens is 1. The highest BCUT2D eigenvalue weighted by Crippen LogP contribution is 2.36. The average Bonchev–Trinajstić information content (AvgIpc) is 2.60. The van der Waals surface area contributed by atoms with Gasteiger partial charge in [0.15, 0.2) is 0 Å². The van der Waals surface area contributed by atoms with E-state index in [0.29, 0.717) is 0 Å². The van der Waals surface area contributed by atoms with Crippen LogP contribution in [-0.2, 0) is 6.61 Å². The molecular formula is C10H9IO2S. The lowest BCUT2D eigenvalue weighted by Gasteiger charge is -2.05. The van der Waals surface area contributed by atoms with Crippen molar-refractivity contribution < 1.29 is 9.84 Å². The van der Waals surface area contributed by atoms with E-state index in [1.807, 2.05) is 12.1 Å². The van der Waals surface area contributed by atoms with E-state index in [1.54, 1.807) is 18.4 Å². The number of fused-ring (bicyclic) bond motifs is 1. The molecule has 0 saturated heterocycles. The summed E-state index contributed by atoms with van der Waals surface area (Å²) in [7, 11) is 1.67. The van der Waals surface area contributed by atoms with Gasteiger partial charge in [0.25, 0.3) is 0 Å². The van der Waals surface area contributed by atoms with Crippen molar-refractivity contribution in [2.24, 2.45) is 0 Å². The molecule has 0 spiro atoms. The molecule has 0 fully saturated rings. The van der Waals surface area contributed by atoms with Crippen LogP contribution in [0.25, 0.3) is 10.1 Å². The zero-order valence-electron chi connectivity index (χ0n) is 7.58. The van der Waals surface area contributed by atoms with Crippen LogP contribution in [0.4, 0.5) is 0 Å². The minimum atomic E-state index is 0.0804. The van der Waals surface area contributed by atoms with Crippen LogP contribution in [-0.4, -0.2) is 12.2 Å². The Morgan fingerprint density at radius 1 is 1.50 bits per heavy atom. The number of rotatable bonds is 2. The molecule has 14 heavy (non-hydrogen) atoms. The minimum absolute atomic E-state index is 0.0804. The summed E-state index contributed by atoms with van der Waals surface area (Å²) in [6, 6.07) is 3.82. The van der Waals surface area contributed by atoms with Crippen molar-refractivity contribution >= 4 is 44.0 Å². The normalized spacial score (nSPS) is 10.8. The van der Waals surface area contributed by atoms with Gasteiger partial charge in [-0.25, -0.2) is 0 Å². The molecule has 0 aliphatic carbocycles. The number of hydrogen-bond donors (Lipinski definition) is 1. The number of ether oxygens (including phenoxy) is 1. The van der Waals surface area contributed by atoms with E-state index in [2.05, 4.69) is 28.0 Å². The van der Waals surface area contributed by atoms with Gasteiger partial charge in [0.1, 0.15) is 5.75 Å². The molecule has 4 heteroatoms. The molecule has 0 aliphatic rings. The molecule has 0 aliphatic heterocycles. The third-order valence-corrected chi connectivity index (χ3v) is 4.44. The van der Waals surface area contributed by atoms with Crippen LogP contribution < -0.4 is 4.74 Å². The standard InChI is InChI=1S/C10H9IO2S/c1-13-8-3-2-6(4-12)10-9(8)7(11)5-14-10/h2-3,5,12H,4H2,1H3. The zero-order chi connectivity index (χ0) is 10.1. The van der Waals surface area contributed by atoms with Crippen molar-refractivity contribution in [2.75, 3.05) is 7.11 Å². The van der Waals surface area contributed by atoms with Crippen LogP contribution in [0.1, 0.15) is 5.56 Å². The fourth-order valence-corrected chi connectivity index (χ4v) is 3.48. The lowest BCUT2D eigenvalue weighted by molar-refractivity contribution is 0.283. The van der Waals surface area contributed by atoms with Gasteiger partial charge in [0.2, 0.25) is 0 Å². The van der Waals surface area contributed by atoms with Crippen LogP contribution in [0.15, 0.2) is 17.5 Å².